The molecule has 2 aromatic carbocycles. The first kappa shape index (κ1) is 14.9. The number of benzene rings is 2. The lowest BCUT2D eigenvalue weighted by Crippen LogP contribution is -2.64. The minimum absolute atomic E-state index is 0.0881. The van der Waals surface area contributed by atoms with Gasteiger partial charge < -0.3 is 9.47 Å². The molecule has 1 saturated heterocycles. The standard InChI is InChI=1S/C18H15F2NO3/c1-2-11-3-5-12(6-4-11)16-18(19,20)17(22)21(16)13-7-8-14-15(9-13)24-10-23-14/h3-9,16H,2,10H2,1H3/t16-/m1/s1. The molecular weight excluding hydrogens is 316 g/mol. The Morgan fingerprint density at radius 2 is 1.83 bits per heavy atom. The van der Waals surface area contributed by atoms with E-state index in [1.165, 1.54) is 0 Å². The zero-order chi connectivity index (χ0) is 16.9. The Balaban J connectivity index is 1.72. The van der Waals surface area contributed by atoms with E-state index in [0.717, 1.165) is 16.9 Å². The van der Waals surface area contributed by atoms with Crippen molar-refractivity contribution < 1.29 is 23.0 Å². The summed E-state index contributed by atoms with van der Waals surface area (Å²) in [6.07, 6.45) is 0.826. The molecule has 2 aliphatic rings. The number of anilines is 1. The van der Waals surface area contributed by atoms with Crippen molar-refractivity contribution in [2.75, 3.05) is 11.7 Å². The van der Waals surface area contributed by atoms with Crippen LogP contribution in [0.1, 0.15) is 24.1 Å². The number of hydrogen-bond acceptors (Lipinski definition) is 3. The van der Waals surface area contributed by atoms with Gasteiger partial charge in [-0.05, 0) is 29.7 Å². The molecule has 1 amide bonds. The second-order valence-electron chi connectivity index (χ2n) is 5.83. The molecule has 4 nitrogen and oxygen atoms in total. The average Bonchev–Trinajstić information content (AvgIpc) is 3.06. The summed E-state index contributed by atoms with van der Waals surface area (Å²) in [7, 11) is 0. The molecule has 1 atom stereocenters. The lowest BCUT2D eigenvalue weighted by atomic mass is 9.88. The normalized spacial score (nSPS) is 20.9. The maximum absolute atomic E-state index is 14.2. The number of aryl methyl sites for hydroxylation is 1. The minimum atomic E-state index is -3.41. The Hall–Kier alpha value is -2.63. The zero-order valence-corrected chi connectivity index (χ0v) is 13.0. The van der Waals surface area contributed by atoms with Gasteiger partial charge in [0.25, 0.3) is 0 Å². The van der Waals surface area contributed by atoms with Gasteiger partial charge in [0.2, 0.25) is 6.79 Å². The van der Waals surface area contributed by atoms with E-state index in [1.54, 1.807) is 30.3 Å². The van der Waals surface area contributed by atoms with Crippen molar-refractivity contribution in [3.63, 3.8) is 0 Å². The third-order valence-corrected chi connectivity index (χ3v) is 4.44. The highest BCUT2D eigenvalue weighted by Gasteiger charge is 2.64. The van der Waals surface area contributed by atoms with E-state index in [0.29, 0.717) is 22.7 Å². The second-order valence-corrected chi connectivity index (χ2v) is 5.83. The number of alkyl halides is 2. The van der Waals surface area contributed by atoms with Crippen LogP contribution in [0.3, 0.4) is 0 Å². The Kier molecular flexibility index (Phi) is 3.23. The van der Waals surface area contributed by atoms with Crippen molar-refractivity contribution >= 4 is 11.6 Å². The number of carbonyl (C=O) groups excluding carboxylic acids is 1. The second kappa shape index (κ2) is 5.19. The summed E-state index contributed by atoms with van der Waals surface area (Å²) >= 11 is 0. The van der Waals surface area contributed by atoms with Crippen LogP contribution in [0.25, 0.3) is 0 Å². The summed E-state index contributed by atoms with van der Waals surface area (Å²) in [5, 5.41) is 0. The van der Waals surface area contributed by atoms with Crippen LogP contribution < -0.4 is 14.4 Å². The van der Waals surface area contributed by atoms with Gasteiger partial charge in [-0.2, -0.15) is 8.78 Å². The third kappa shape index (κ3) is 2.06. The molecule has 0 saturated carbocycles. The van der Waals surface area contributed by atoms with Crippen LogP contribution in [-0.2, 0) is 11.2 Å². The topological polar surface area (TPSA) is 38.8 Å². The zero-order valence-electron chi connectivity index (χ0n) is 13.0. The van der Waals surface area contributed by atoms with Crippen LogP contribution >= 0.6 is 0 Å². The van der Waals surface area contributed by atoms with Gasteiger partial charge in [-0.3, -0.25) is 9.69 Å². The van der Waals surface area contributed by atoms with Crippen molar-refractivity contribution in [2.45, 2.75) is 25.3 Å². The summed E-state index contributed by atoms with van der Waals surface area (Å²) in [6, 6.07) is 10.4. The van der Waals surface area contributed by atoms with Crippen molar-refractivity contribution in [3.8, 4) is 11.5 Å². The number of β-lactam (4-membered cyclic amide) rings is 1. The molecule has 0 bridgehead atoms. The minimum Gasteiger partial charge on any atom is -0.454 e. The molecule has 2 aromatic rings. The van der Waals surface area contributed by atoms with Gasteiger partial charge in [0, 0.05) is 11.8 Å². The van der Waals surface area contributed by atoms with Crippen molar-refractivity contribution in [1.29, 1.82) is 0 Å². The molecule has 0 spiro atoms. The van der Waals surface area contributed by atoms with Gasteiger partial charge in [0.15, 0.2) is 11.5 Å². The van der Waals surface area contributed by atoms with Crippen molar-refractivity contribution in [2.24, 2.45) is 0 Å². The Morgan fingerprint density at radius 3 is 2.54 bits per heavy atom. The molecule has 0 aliphatic carbocycles. The summed E-state index contributed by atoms with van der Waals surface area (Å²) < 4.78 is 38.9. The first-order valence-electron chi connectivity index (χ1n) is 7.72. The van der Waals surface area contributed by atoms with E-state index in [1.807, 2.05) is 19.1 Å². The van der Waals surface area contributed by atoms with E-state index in [2.05, 4.69) is 0 Å². The number of rotatable bonds is 3. The monoisotopic (exact) mass is 331 g/mol. The number of halogens is 2. The first-order chi connectivity index (χ1) is 11.5. The molecule has 6 heteroatoms. The third-order valence-electron chi connectivity index (χ3n) is 4.44. The summed E-state index contributed by atoms with van der Waals surface area (Å²) in [5.74, 6) is -3.62. The molecule has 2 heterocycles. The van der Waals surface area contributed by atoms with E-state index in [4.69, 9.17) is 9.47 Å². The van der Waals surface area contributed by atoms with E-state index in [-0.39, 0.29) is 6.79 Å². The summed E-state index contributed by atoms with van der Waals surface area (Å²) in [6.45, 7) is 2.08. The number of fused-ring (bicyclic) bond motifs is 1. The van der Waals surface area contributed by atoms with Crippen LogP contribution in [0.5, 0.6) is 11.5 Å². The number of amides is 1. The van der Waals surface area contributed by atoms with Crippen LogP contribution in [0.4, 0.5) is 14.5 Å². The highest BCUT2D eigenvalue weighted by Crippen LogP contribution is 2.51. The molecule has 1 fully saturated rings. The smallest absolute Gasteiger partial charge is 0.349 e. The van der Waals surface area contributed by atoms with E-state index in [9.17, 15) is 13.6 Å². The van der Waals surface area contributed by atoms with Gasteiger partial charge in [0.1, 0.15) is 6.04 Å². The number of carbonyl (C=O) groups is 1. The van der Waals surface area contributed by atoms with Crippen molar-refractivity contribution in [3.05, 3.63) is 53.6 Å². The molecule has 24 heavy (non-hydrogen) atoms. The average molecular weight is 331 g/mol. The predicted molar refractivity (Wildman–Crippen MR) is 83.6 cm³/mol. The molecular formula is C18H15F2NO3. The molecule has 124 valence electrons. The van der Waals surface area contributed by atoms with Crippen LogP contribution in [-0.4, -0.2) is 18.6 Å². The van der Waals surface area contributed by atoms with E-state index >= 15 is 0 Å². The van der Waals surface area contributed by atoms with Gasteiger partial charge in [0.05, 0.1) is 0 Å². The lowest BCUT2D eigenvalue weighted by Gasteiger charge is -2.46. The predicted octanol–water partition coefficient (Wildman–Crippen LogP) is 3.70. The van der Waals surface area contributed by atoms with Crippen LogP contribution in [0.15, 0.2) is 42.5 Å². The fraction of sp³-hybridized carbons (Fsp3) is 0.278. The van der Waals surface area contributed by atoms with Gasteiger partial charge in [-0.1, -0.05) is 31.2 Å². The lowest BCUT2D eigenvalue weighted by molar-refractivity contribution is -0.162. The highest BCUT2D eigenvalue weighted by atomic mass is 19.3. The quantitative estimate of drug-likeness (QED) is 0.805. The van der Waals surface area contributed by atoms with Crippen LogP contribution in [0, 0.1) is 0 Å². The molecule has 0 unspecified atom stereocenters. The fourth-order valence-corrected chi connectivity index (χ4v) is 3.09. The SMILES string of the molecule is CCc1ccc([C@H]2N(c3ccc4c(c3)OCO4)C(=O)C2(F)F)cc1. The molecule has 4 rings (SSSR count). The Morgan fingerprint density at radius 1 is 1.12 bits per heavy atom. The molecule has 0 N–H and O–H groups in total. The molecule has 2 aliphatic heterocycles. The number of nitrogens with zero attached hydrogens (tertiary/aromatic N) is 1. The Labute approximate surface area is 137 Å². The van der Waals surface area contributed by atoms with E-state index < -0.39 is 17.9 Å². The van der Waals surface area contributed by atoms with Gasteiger partial charge in [-0.25, -0.2) is 0 Å². The number of ether oxygens (including phenoxy) is 2. The molecule has 0 radical (unpaired) electrons. The summed E-state index contributed by atoms with van der Waals surface area (Å²) in [5.41, 5.74) is 1.84. The largest absolute Gasteiger partial charge is 0.454 e. The van der Waals surface area contributed by atoms with Gasteiger partial charge >= 0.3 is 11.8 Å². The first-order valence-corrected chi connectivity index (χ1v) is 7.72. The summed E-state index contributed by atoms with van der Waals surface area (Å²) in [4.78, 5) is 13.1. The maximum Gasteiger partial charge on any atom is 0.349 e. The maximum atomic E-state index is 14.2. The number of hydrogen-bond donors (Lipinski definition) is 0. The molecule has 0 aromatic heterocycles. The Bertz CT molecular complexity index is 804. The van der Waals surface area contributed by atoms with Crippen LogP contribution in [0.2, 0.25) is 0 Å². The van der Waals surface area contributed by atoms with Gasteiger partial charge in [-0.15, -0.1) is 0 Å². The highest BCUT2D eigenvalue weighted by molar-refractivity contribution is 6.07. The van der Waals surface area contributed by atoms with Crippen molar-refractivity contribution in [1.82, 2.24) is 0 Å². The fourth-order valence-electron chi connectivity index (χ4n) is 3.09.